The van der Waals surface area contributed by atoms with Crippen molar-refractivity contribution >= 4 is 11.4 Å². The number of quaternary nitrogens is 1. The van der Waals surface area contributed by atoms with E-state index < -0.39 is 4.76 Å². The van der Waals surface area contributed by atoms with E-state index in [1.807, 2.05) is 44.4 Å². The molecule has 1 aromatic rings. The molecule has 0 bridgehead atoms. The first-order valence-electron chi connectivity index (χ1n) is 6.52. The normalized spacial score (nSPS) is 22.7. The van der Waals surface area contributed by atoms with Crippen molar-refractivity contribution in [3.05, 3.63) is 41.1 Å². The van der Waals surface area contributed by atoms with Gasteiger partial charge in [0.05, 0.1) is 19.2 Å². The second kappa shape index (κ2) is 5.71. The maximum absolute atomic E-state index is 12.4. The lowest BCUT2D eigenvalue weighted by atomic mass is 10.1. The van der Waals surface area contributed by atoms with Gasteiger partial charge in [0.25, 0.3) is 0 Å². The fourth-order valence-electron chi connectivity index (χ4n) is 2.17. The minimum absolute atomic E-state index is 0.550. The molecule has 19 heavy (non-hydrogen) atoms. The first-order valence-corrected chi connectivity index (χ1v) is 6.52. The minimum atomic E-state index is -0.550. The van der Waals surface area contributed by atoms with Crippen molar-refractivity contribution in [3.8, 4) is 0 Å². The lowest BCUT2D eigenvalue weighted by molar-refractivity contribution is 0.343. The third-order valence-corrected chi connectivity index (χ3v) is 3.23. The van der Waals surface area contributed by atoms with Crippen LogP contribution in [0.2, 0.25) is 0 Å². The van der Waals surface area contributed by atoms with E-state index >= 15 is 0 Å². The Morgan fingerprint density at radius 1 is 1.37 bits per heavy atom. The Labute approximate surface area is 114 Å². The standard InChI is InChI=1S/C14H22N4O/c1-17(2)11-10-15-13-8-9-16-18(3,19)14-7-5-4-6-12(13)14/h4-8,15-16H,9-11H2,1-3H3. The van der Waals surface area contributed by atoms with Crippen LogP contribution >= 0.6 is 0 Å². The molecule has 0 saturated heterocycles. The molecular weight excluding hydrogens is 240 g/mol. The summed E-state index contributed by atoms with van der Waals surface area (Å²) in [4.78, 5) is 2.13. The van der Waals surface area contributed by atoms with E-state index in [0.717, 1.165) is 30.0 Å². The van der Waals surface area contributed by atoms with Gasteiger partial charge in [0.15, 0.2) is 5.69 Å². The van der Waals surface area contributed by atoms with Crippen LogP contribution in [0, 0.1) is 5.21 Å². The van der Waals surface area contributed by atoms with Crippen molar-refractivity contribution in [2.75, 3.05) is 40.8 Å². The number of fused-ring (bicyclic) bond motifs is 1. The molecule has 104 valence electrons. The molecule has 0 saturated carbocycles. The van der Waals surface area contributed by atoms with Gasteiger partial charge in [-0.3, -0.25) is 4.76 Å². The van der Waals surface area contributed by atoms with Gasteiger partial charge in [-0.25, -0.2) is 0 Å². The molecule has 1 aliphatic rings. The fraction of sp³-hybridized carbons (Fsp3) is 0.429. The van der Waals surface area contributed by atoms with Crippen molar-refractivity contribution in [1.82, 2.24) is 20.4 Å². The van der Waals surface area contributed by atoms with Crippen molar-refractivity contribution in [2.45, 2.75) is 0 Å². The zero-order valence-electron chi connectivity index (χ0n) is 11.8. The number of nitrogens with zero attached hydrogens (tertiary/aromatic N) is 2. The van der Waals surface area contributed by atoms with Crippen LogP contribution in [0.1, 0.15) is 5.56 Å². The molecule has 0 aromatic heterocycles. The molecule has 0 radical (unpaired) electrons. The number of rotatable bonds is 4. The fourth-order valence-corrected chi connectivity index (χ4v) is 2.17. The van der Waals surface area contributed by atoms with Crippen molar-refractivity contribution in [1.29, 1.82) is 0 Å². The molecule has 0 amide bonds. The number of likely N-dealkylation sites (N-methyl/N-ethyl adjacent to an activating group) is 1. The zero-order chi connectivity index (χ0) is 13.9. The van der Waals surface area contributed by atoms with Gasteiger partial charge in [0.2, 0.25) is 0 Å². The molecule has 1 heterocycles. The number of hydrogen-bond acceptors (Lipinski definition) is 4. The summed E-state index contributed by atoms with van der Waals surface area (Å²) in [7, 11) is 5.71. The van der Waals surface area contributed by atoms with E-state index in [-0.39, 0.29) is 0 Å². The smallest absolute Gasteiger partial charge is 0.161 e. The van der Waals surface area contributed by atoms with Crippen LogP contribution in [0.15, 0.2) is 30.3 Å². The van der Waals surface area contributed by atoms with Gasteiger partial charge in [0, 0.05) is 24.9 Å². The minimum Gasteiger partial charge on any atom is -0.607 e. The van der Waals surface area contributed by atoms with Crippen LogP contribution in [0.3, 0.4) is 0 Å². The Bertz CT molecular complexity index is 468. The molecule has 1 aromatic carbocycles. The van der Waals surface area contributed by atoms with Gasteiger partial charge in [-0.15, -0.1) is 0 Å². The molecular formula is C14H22N4O. The highest BCUT2D eigenvalue weighted by molar-refractivity contribution is 5.75. The van der Waals surface area contributed by atoms with Crippen molar-refractivity contribution in [2.24, 2.45) is 0 Å². The number of para-hydroxylation sites is 1. The van der Waals surface area contributed by atoms with Gasteiger partial charge >= 0.3 is 0 Å². The van der Waals surface area contributed by atoms with E-state index in [0.29, 0.717) is 6.54 Å². The summed E-state index contributed by atoms with van der Waals surface area (Å²) in [6, 6.07) is 7.73. The van der Waals surface area contributed by atoms with Crippen LogP contribution in [0.5, 0.6) is 0 Å². The summed E-state index contributed by atoms with van der Waals surface area (Å²) in [6.45, 7) is 2.37. The lowest BCUT2D eigenvalue weighted by Gasteiger charge is -2.36. The Morgan fingerprint density at radius 2 is 2.11 bits per heavy atom. The van der Waals surface area contributed by atoms with E-state index in [1.165, 1.54) is 0 Å². The predicted molar refractivity (Wildman–Crippen MR) is 80.1 cm³/mol. The highest BCUT2D eigenvalue weighted by Gasteiger charge is 2.23. The summed E-state index contributed by atoms with van der Waals surface area (Å²) in [5.74, 6) is 0. The molecule has 1 aliphatic heterocycles. The first kappa shape index (κ1) is 14.0. The molecule has 0 aliphatic carbocycles. The molecule has 1 atom stereocenters. The SMILES string of the molecule is CN(C)CCNC1=CCN[N+](C)([O-])c2ccccc21. The largest absolute Gasteiger partial charge is 0.607 e. The van der Waals surface area contributed by atoms with Gasteiger partial charge in [-0.1, -0.05) is 12.1 Å². The molecule has 1 unspecified atom stereocenters. The van der Waals surface area contributed by atoms with Crippen LogP contribution in [-0.4, -0.2) is 45.7 Å². The molecule has 0 fully saturated rings. The van der Waals surface area contributed by atoms with Gasteiger partial charge in [-0.2, -0.15) is 5.43 Å². The first-order chi connectivity index (χ1) is 9.00. The van der Waals surface area contributed by atoms with E-state index in [4.69, 9.17) is 0 Å². The molecule has 5 heteroatoms. The summed E-state index contributed by atoms with van der Waals surface area (Å²) < 4.78 is -0.550. The summed E-state index contributed by atoms with van der Waals surface area (Å²) >= 11 is 0. The maximum atomic E-state index is 12.4. The highest BCUT2D eigenvalue weighted by atomic mass is 16.6. The second-order valence-corrected chi connectivity index (χ2v) is 5.15. The molecule has 2 rings (SSSR count). The van der Waals surface area contributed by atoms with E-state index in [1.54, 1.807) is 7.05 Å². The van der Waals surface area contributed by atoms with Crippen molar-refractivity contribution < 1.29 is 0 Å². The highest BCUT2D eigenvalue weighted by Crippen LogP contribution is 2.29. The monoisotopic (exact) mass is 262 g/mol. The average molecular weight is 262 g/mol. The summed E-state index contributed by atoms with van der Waals surface area (Å²) in [5, 5.41) is 15.9. The number of hydrogen-bond donors (Lipinski definition) is 2. The Hall–Kier alpha value is -1.40. The maximum Gasteiger partial charge on any atom is 0.161 e. The predicted octanol–water partition coefficient (Wildman–Crippen LogP) is 1.13. The topological polar surface area (TPSA) is 50.4 Å². The summed E-state index contributed by atoms with van der Waals surface area (Å²) in [6.07, 6.45) is 2.04. The molecule has 2 N–H and O–H groups in total. The Balaban J connectivity index is 2.22. The van der Waals surface area contributed by atoms with Crippen LogP contribution < -0.4 is 15.5 Å². The van der Waals surface area contributed by atoms with Gasteiger partial charge in [-0.05, 0) is 26.2 Å². The molecule has 5 nitrogen and oxygen atoms in total. The lowest BCUT2D eigenvalue weighted by Crippen LogP contribution is -2.51. The average Bonchev–Trinajstić information content (AvgIpc) is 2.48. The van der Waals surface area contributed by atoms with E-state index in [9.17, 15) is 5.21 Å². The third kappa shape index (κ3) is 3.33. The number of hydroxylamine groups is 1. The quantitative estimate of drug-likeness (QED) is 0.631. The summed E-state index contributed by atoms with van der Waals surface area (Å²) in [5.41, 5.74) is 5.71. The van der Waals surface area contributed by atoms with Gasteiger partial charge < -0.3 is 15.4 Å². The van der Waals surface area contributed by atoms with Crippen LogP contribution in [-0.2, 0) is 0 Å². The van der Waals surface area contributed by atoms with Crippen LogP contribution in [0.4, 0.5) is 5.69 Å². The number of nitrogens with one attached hydrogen (secondary N) is 2. The second-order valence-electron chi connectivity index (χ2n) is 5.15. The number of benzene rings is 1. The van der Waals surface area contributed by atoms with Gasteiger partial charge in [0.1, 0.15) is 0 Å². The zero-order valence-corrected chi connectivity index (χ0v) is 11.8. The van der Waals surface area contributed by atoms with Crippen LogP contribution in [0.25, 0.3) is 5.70 Å². The van der Waals surface area contributed by atoms with E-state index in [2.05, 4.69) is 15.6 Å². The third-order valence-electron chi connectivity index (χ3n) is 3.23. The Kier molecular flexibility index (Phi) is 4.21. The molecule has 0 spiro atoms. The Morgan fingerprint density at radius 3 is 2.84 bits per heavy atom. The van der Waals surface area contributed by atoms with Crippen molar-refractivity contribution in [3.63, 3.8) is 0 Å².